The topological polar surface area (TPSA) is 246 Å². The fourth-order valence-electron chi connectivity index (χ4n) is 3.67. The lowest BCUT2D eigenvalue weighted by atomic mass is 9.93. The van der Waals surface area contributed by atoms with Crippen LogP contribution in [-0.4, -0.2) is 116 Å². The van der Waals surface area contributed by atoms with E-state index >= 15 is 0 Å². The molecule has 2 rings (SSSR count). The molecule has 0 spiro atoms. The van der Waals surface area contributed by atoms with E-state index < -0.39 is 88.5 Å². The van der Waals surface area contributed by atoms with E-state index in [1.54, 1.807) is 4.72 Å². The molecule has 0 radical (unpaired) electrons. The Balaban J connectivity index is 2.33. The fourth-order valence-corrected chi connectivity index (χ4v) is 4.65. The van der Waals surface area contributed by atoms with Crippen LogP contribution in [0.15, 0.2) is 0 Å². The summed E-state index contributed by atoms with van der Waals surface area (Å²) < 4.78 is 90.3. The first-order chi connectivity index (χ1) is 15.2. The predicted octanol–water partition coefficient (Wildman–Crippen LogP) is -2.99. The standard InChI is InChI=1S/C14H27NO16S2/c1-5-8(15-32(19,20)21)9(16)12(7(27-5)4-26-33(22,23)24)29-14-13(30-31-18)10(17)11(25-3)6(2)28-14/h5-18H,4H2,1-3H3,(H,19,20,21)(H,22,23,24)/t5-,6?,7?,8?,9-,10-,11-,12-,13?,14+/m1/s1. The van der Waals surface area contributed by atoms with Gasteiger partial charge in [-0.1, -0.05) is 5.04 Å². The zero-order valence-corrected chi connectivity index (χ0v) is 19.2. The first kappa shape index (κ1) is 28.6. The van der Waals surface area contributed by atoms with Crippen molar-refractivity contribution < 1.29 is 74.5 Å². The van der Waals surface area contributed by atoms with Gasteiger partial charge >= 0.3 is 20.7 Å². The predicted molar refractivity (Wildman–Crippen MR) is 101 cm³/mol. The number of rotatable bonds is 10. The first-order valence-electron chi connectivity index (χ1n) is 9.37. The Hall–Kier alpha value is -0.620. The monoisotopic (exact) mass is 529 g/mol. The molecule has 0 aromatic carbocycles. The first-order valence-corrected chi connectivity index (χ1v) is 12.2. The van der Waals surface area contributed by atoms with Gasteiger partial charge in [-0.2, -0.15) is 26.4 Å². The van der Waals surface area contributed by atoms with E-state index in [1.807, 2.05) is 0 Å². The summed E-state index contributed by atoms with van der Waals surface area (Å²) in [5.41, 5.74) is 0. The molecule has 2 heterocycles. The van der Waals surface area contributed by atoms with Crippen LogP contribution in [0.2, 0.25) is 0 Å². The zero-order valence-electron chi connectivity index (χ0n) is 17.5. The molecule has 17 nitrogen and oxygen atoms in total. The van der Waals surface area contributed by atoms with Crippen molar-refractivity contribution in [3.63, 3.8) is 0 Å². The Kier molecular flexibility index (Phi) is 9.89. The van der Waals surface area contributed by atoms with Crippen molar-refractivity contribution in [2.24, 2.45) is 0 Å². The summed E-state index contributed by atoms with van der Waals surface area (Å²) in [7, 11) is -8.50. The van der Waals surface area contributed by atoms with E-state index in [9.17, 15) is 27.0 Å². The minimum atomic E-state index is -4.94. The molecule has 6 N–H and O–H groups in total. The van der Waals surface area contributed by atoms with Crippen LogP contribution in [0.1, 0.15) is 13.8 Å². The van der Waals surface area contributed by atoms with Gasteiger partial charge in [-0.05, 0) is 13.8 Å². The molecule has 2 saturated heterocycles. The molecule has 0 saturated carbocycles. The van der Waals surface area contributed by atoms with Gasteiger partial charge in [0.15, 0.2) is 12.4 Å². The molecular weight excluding hydrogens is 502 g/mol. The van der Waals surface area contributed by atoms with Crippen molar-refractivity contribution in [3.05, 3.63) is 0 Å². The van der Waals surface area contributed by atoms with E-state index in [0.717, 1.165) is 0 Å². The van der Waals surface area contributed by atoms with Gasteiger partial charge in [0, 0.05) is 7.11 Å². The third-order valence-electron chi connectivity index (χ3n) is 5.10. The van der Waals surface area contributed by atoms with Gasteiger partial charge in [-0.15, -0.1) is 0 Å². The summed E-state index contributed by atoms with van der Waals surface area (Å²) in [5, 5.41) is 33.5. The third-order valence-corrected chi connectivity index (χ3v) is 6.11. The number of aliphatic hydroxyl groups excluding tert-OH is 2. The van der Waals surface area contributed by atoms with Crippen LogP contribution >= 0.6 is 0 Å². The third kappa shape index (κ3) is 7.68. The lowest BCUT2D eigenvalue weighted by Crippen LogP contribution is -2.66. The second-order valence-electron chi connectivity index (χ2n) is 7.34. The van der Waals surface area contributed by atoms with Crippen molar-refractivity contribution in [3.8, 4) is 0 Å². The van der Waals surface area contributed by atoms with E-state index in [0.29, 0.717) is 0 Å². The maximum atomic E-state index is 11.3. The number of ether oxygens (including phenoxy) is 4. The van der Waals surface area contributed by atoms with Crippen molar-refractivity contribution in [2.45, 2.75) is 75.0 Å². The molecule has 4 unspecified atom stereocenters. The molecule has 0 bridgehead atoms. The number of hydrogen-bond acceptors (Lipinski definition) is 14. The van der Waals surface area contributed by atoms with Crippen molar-refractivity contribution in [2.75, 3.05) is 13.7 Å². The summed E-state index contributed by atoms with van der Waals surface area (Å²) in [5.74, 6) is 0. The van der Waals surface area contributed by atoms with Crippen molar-refractivity contribution in [1.82, 2.24) is 4.72 Å². The number of nitrogens with one attached hydrogen (secondary N) is 1. The average molecular weight is 529 g/mol. The van der Waals surface area contributed by atoms with Crippen LogP contribution < -0.4 is 4.72 Å². The molecule has 2 aliphatic heterocycles. The van der Waals surface area contributed by atoms with Crippen LogP contribution in [0.3, 0.4) is 0 Å². The molecule has 10 atom stereocenters. The molecule has 19 heteroatoms. The highest BCUT2D eigenvalue weighted by molar-refractivity contribution is 7.83. The van der Waals surface area contributed by atoms with Gasteiger partial charge < -0.3 is 29.2 Å². The maximum Gasteiger partial charge on any atom is 0.397 e. The molecule has 2 fully saturated rings. The fraction of sp³-hybridized carbons (Fsp3) is 1.00. The molecule has 2 aliphatic rings. The highest BCUT2D eigenvalue weighted by atomic mass is 32.3. The van der Waals surface area contributed by atoms with Crippen LogP contribution in [-0.2, 0) is 53.8 Å². The highest BCUT2D eigenvalue weighted by Gasteiger charge is 2.52. The molecule has 0 aromatic rings. The molecular formula is C14H27NO16S2. The van der Waals surface area contributed by atoms with Gasteiger partial charge in [-0.25, -0.2) is 9.44 Å². The number of aliphatic hydroxyl groups is 2. The minimum absolute atomic E-state index is 0.839. The summed E-state index contributed by atoms with van der Waals surface area (Å²) in [6.07, 6.45) is -12.6. The second kappa shape index (κ2) is 11.4. The average Bonchev–Trinajstić information content (AvgIpc) is 2.67. The van der Waals surface area contributed by atoms with Gasteiger partial charge in [0.2, 0.25) is 0 Å². The Morgan fingerprint density at radius 1 is 0.939 bits per heavy atom. The van der Waals surface area contributed by atoms with Crippen LogP contribution in [0, 0.1) is 0 Å². The van der Waals surface area contributed by atoms with Crippen LogP contribution in [0.4, 0.5) is 0 Å². The van der Waals surface area contributed by atoms with Gasteiger partial charge in [0.1, 0.15) is 30.5 Å². The molecule has 196 valence electrons. The molecule has 0 amide bonds. The van der Waals surface area contributed by atoms with Crippen LogP contribution in [0.25, 0.3) is 0 Å². The molecule has 33 heavy (non-hydrogen) atoms. The summed E-state index contributed by atoms with van der Waals surface area (Å²) in [6, 6.07) is -1.50. The van der Waals surface area contributed by atoms with Gasteiger partial charge in [0.25, 0.3) is 0 Å². The zero-order chi connectivity index (χ0) is 25.1. The highest BCUT2D eigenvalue weighted by Crippen LogP contribution is 2.31. The number of hydrogen-bond donors (Lipinski definition) is 6. The smallest absolute Gasteiger partial charge is 0.389 e. The number of methoxy groups -OCH3 is 1. The second-order valence-corrected chi connectivity index (χ2v) is 9.61. The summed E-state index contributed by atoms with van der Waals surface area (Å²) in [6.45, 7) is 1.89. The quantitative estimate of drug-likeness (QED) is 0.0938. The normalized spacial score (nSPS) is 40.6. The van der Waals surface area contributed by atoms with Crippen molar-refractivity contribution >= 4 is 20.7 Å². The lowest BCUT2D eigenvalue weighted by molar-refractivity contribution is -0.533. The Labute approximate surface area is 189 Å². The molecule has 0 aliphatic carbocycles. The lowest BCUT2D eigenvalue weighted by Gasteiger charge is -2.47. The molecule has 0 aromatic heterocycles. The van der Waals surface area contributed by atoms with Gasteiger partial charge in [0.05, 0.1) is 24.9 Å². The van der Waals surface area contributed by atoms with E-state index in [4.69, 9.17) is 33.3 Å². The van der Waals surface area contributed by atoms with Gasteiger partial charge in [-0.3, -0.25) is 9.11 Å². The van der Waals surface area contributed by atoms with E-state index in [1.165, 1.54) is 21.0 Å². The van der Waals surface area contributed by atoms with E-state index in [2.05, 4.69) is 14.1 Å². The Morgan fingerprint density at radius 3 is 2.09 bits per heavy atom. The van der Waals surface area contributed by atoms with Crippen molar-refractivity contribution in [1.29, 1.82) is 0 Å². The largest absolute Gasteiger partial charge is 0.397 e. The summed E-state index contributed by atoms with van der Waals surface area (Å²) in [4.78, 5) is 4.58. The SMILES string of the molecule is CO[C@@H]1C(C)O[C@@H](O[C@@H]2C(COS(=O)(=O)O)O[C@H](C)C(NS(=O)(=O)O)[C@H]2O)C(OOO)[C@@H]1O. The van der Waals surface area contributed by atoms with E-state index in [-0.39, 0.29) is 0 Å². The Bertz CT molecular complexity index is 836. The minimum Gasteiger partial charge on any atom is -0.389 e. The summed E-state index contributed by atoms with van der Waals surface area (Å²) >= 11 is 0. The Morgan fingerprint density at radius 2 is 1.58 bits per heavy atom. The maximum absolute atomic E-state index is 11.3. The van der Waals surface area contributed by atoms with Crippen LogP contribution in [0.5, 0.6) is 0 Å².